The number of aliphatic imine (C=N–C) groups is 1. The number of aliphatic hydroxyl groups is 1. The molecule has 2 aliphatic carbocycles. The molecule has 1 aromatic carbocycles. The van der Waals surface area contributed by atoms with Crippen molar-refractivity contribution in [3.05, 3.63) is 64.2 Å². The molecule has 6 heteroatoms. The van der Waals surface area contributed by atoms with Crippen LogP contribution in [-0.4, -0.2) is 34.1 Å². The van der Waals surface area contributed by atoms with Crippen molar-refractivity contribution < 1.29 is 19.2 Å². The molecule has 0 radical (unpaired) electrons. The summed E-state index contributed by atoms with van der Waals surface area (Å²) in [4.78, 5) is 30.9. The molecule has 0 bridgehead atoms. The fourth-order valence-corrected chi connectivity index (χ4v) is 5.46. The molecule has 1 heterocycles. The number of carbonyl (C=O) groups excluding carboxylic acids is 2. The lowest BCUT2D eigenvalue weighted by Gasteiger charge is -2.30. The highest BCUT2D eigenvalue weighted by atomic mass is 16.5. The molecule has 2 aromatic rings. The molecule has 6 nitrogen and oxygen atoms in total. The number of ketones is 2. The van der Waals surface area contributed by atoms with Gasteiger partial charge in [-0.2, -0.15) is 0 Å². The molecule has 4 rings (SSSR count). The first-order valence-corrected chi connectivity index (χ1v) is 13.3. The van der Waals surface area contributed by atoms with Gasteiger partial charge in [0.15, 0.2) is 11.6 Å². The van der Waals surface area contributed by atoms with Crippen LogP contribution in [0.25, 0.3) is 0 Å². The van der Waals surface area contributed by atoms with Crippen molar-refractivity contribution in [3.63, 3.8) is 0 Å². The average Bonchev–Trinajstić information content (AvgIpc) is 3.25. The van der Waals surface area contributed by atoms with Crippen molar-refractivity contribution in [1.29, 1.82) is 0 Å². The Hall–Kier alpha value is -3.02. The summed E-state index contributed by atoms with van der Waals surface area (Å²) in [6.07, 6.45) is 7.16. The third-order valence-corrected chi connectivity index (χ3v) is 7.30. The van der Waals surface area contributed by atoms with E-state index in [4.69, 9.17) is 9.52 Å². The summed E-state index contributed by atoms with van der Waals surface area (Å²) in [7, 11) is 0. The van der Waals surface area contributed by atoms with E-state index in [0.29, 0.717) is 73.4 Å². The minimum Gasteiger partial charge on any atom is -0.511 e. The molecule has 1 unspecified atom stereocenters. The number of hydrogen-bond acceptors (Lipinski definition) is 6. The van der Waals surface area contributed by atoms with Gasteiger partial charge in [0.2, 0.25) is 0 Å². The van der Waals surface area contributed by atoms with Gasteiger partial charge >= 0.3 is 0 Å². The molecule has 0 amide bonds. The minimum atomic E-state index is -0.260. The lowest BCUT2D eigenvalue weighted by molar-refractivity contribution is -0.118. The summed E-state index contributed by atoms with van der Waals surface area (Å²) in [6, 6.07) is 10.0. The predicted octanol–water partition coefficient (Wildman–Crippen LogP) is 6.74. The summed E-state index contributed by atoms with van der Waals surface area (Å²) < 4.78 is 5.64. The smallest absolute Gasteiger partial charge is 0.168 e. The molecule has 0 saturated carbocycles. The summed E-state index contributed by atoms with van der Waals surface area (Å²) >= 11 is 0. The molecule has 0 spiro atoms. The van der Waals surface area contributed by atoms with Gasteiger partial charge in [0.05, 0.1) is 16.8 Å². The van der Waals surface area contributed by atoms with E-state index in [1.807, 2.05) is 44.2 Å². The summed E-state index contributed by atoms with van der Waals surface area (Å²) in [5, 5.41) is 15.1. The van der Waals surface area contributed by atoms with Crippen molar-refractivity contribution in [3.8, 4) is 0 Å². The largest absolute Gasteiger partial charge is 0.511 e. The molecule has 1 N–H and O–H groups in total. The topological polar surface area (TPSA) is 92.8 Å². The highest BCUT2D eigenvalue weighted by molar-refractivity contribution is 6.23. The van der Waals surface area contributed by atoms with Crippen LogP contribution >= 0.6 is 0 Å². The maximum atomic E-state index is 13.1. The molecule has 1 aromatic heterocycles. The first-order chi connectivity index (χ1) is 17.3. The standard InChI is InChI=1S/C30H38N2O4/c1-4-5-6-10-15-31-22(28-25(34)18-30(2,3)19-26(28)35)13-14-23-29-24(33)16-21(17-27(29)36-32-23)20-11-8-7-9-12-20/h7-9,11-12,21,34H,4-6,10,13-19H2,1-3H3. The predicted molar refractivity (Wildman–Crippen MR) is 141 cm³/mol. The lowest BCUT2D eigenvalue weighted by Crippen LogP contribution is -2.29. The van der Waals surface area contributed by atoms with Crippen molar-refractivity contribution >= 4 is 17.3 Å². The number of Topliss-reactive ketones (excluding diaryl/α,β-unsaturated/α-hetero) is 2. The quantitative estimate of drug-likeness (QED) is 0.294. The normalized spacial score (nSPS) is 20.1. The molecule has 2 aliphatic rings. The summed E-state index contributed by atoms with van der Waals surface area (Å²) in [6.45, 7) is 6.78. The number of nitrogens with zero attached hydrogens (tertiary/aromatic N) is 2. The first kappa shape index (κ1) is 26.1. The Bertz CT molecular complexity index is 1160. The van der Waals surface area contributed by atoms with Gasteiger partial charge in [-0.25, -0.2) is 0 Å². The SMILES string of the molecule is CCCCCCN=C(CCc1noc2c1C(=O)CC(c1ccccc1)C2)C1=C(O)CC(C)(C)CC1=O. The third kappa shape index (κ3) is 6.03. The molecule has 0 saturated heterocycles. The fraction of sp³-hybridized carbons (Fsp3) is 0.533. The van der Waals surface area contributed by atoms with Crippen LogP contribution in [0, 0.1) is 5.41 Å². The number of hydrogen-bond donors (Lipinski definition) is 1. The van der Waals surface area contributed by atoms with E-state index in [1.165, 1.54) is 0 Å². The van der Waals surface area contributed by atoms with Gasteiger partial charge < -0.3 is 9.63 Å². The highest BCUT2D eigenvalue weighted by Crippen LogP contribution is 2.37. The molecule has 0 fully saturated rings. The van der Waals surface area contributed by atoms with E-state index in [-0.39, 0.29) is 28.7 Å². The molecular formula is C30H38N2O4. The number of benzene rings is 1. The Morgan fingerprint density at radius 1 is 1.08 bits per heavy atom. The Balaban J connectivity index is 1.53. The van der Waals surface area contributed by atoms with E-state index >= 15 is 0 Å². The van der Waals surface area contributed by atoms with E-state index in [0.717, 1.165) is 31.2 Å². The zero-order valence-electron chi connectivity index (χ0n) is 21.8. The Labute approximate surface area is 213 Å². The third-order valence-electron chi connectivity index (χ3n) is 7.30. The Morgan fingerprint density at radius 2 is 1.86 bits per heavy atom. The number of unbranched alkanes of at least 4 members (excludes halogenated alkanes) is 3. The van der Waals surface area contributed by atoms with Gasteiger partial charge in [0.1, 0.15) is 11.5 Å². The van der Waals surface area contributed by atoms with E-state index < -0.39 is 0 Å². The van der Waals surface area contributed by atoms with Crippen LogP contribution in [-0.2, 0) is 17.6 Å². The number of aliphatic hydroxyl groups excluding tert-OH is 1. The fourth-order valence-electron chi connectivity index (χ4n) is 5.46. The van der Waals surface area contributed by atoms with E-state index in [1.54, 1.807) is 0 Å². The maximum Gasteiger partial charge on any atom is 0.168 e. The first-order valence-electron chi connectivity index (χ1n) is 13.3. The van der Waals surface area contributed by atoms with Crippen molar-refractivity contribution in [2.24, 2.45) is 10.4 Å². The van der Waals surface area contributed by atoms with Crippen LogP contribution in [0.1, 0.15) is 105 Å². The molecule has 36 heavy (non-hydrogen) atoms. The average molecular weight is 491 g/mol. The van der Waals surface area contributed by atoms with Gasteiger partial charge in [0.25, 0.3) is 0 Å². The van der Waals surface area contributed by atoms with Crippen molar-refractivity contribution in [2.75, 3.05) is 6.54 Å². The number of carbonyl (C=O) groups is 2. The van der Waals surface area contributed by atoms with Crippen LogP contribution in [0.2, 0.25) is 0 Å². The number of allylic oxidation sites excluding steroid dienone is 2. The van der Waals surface area contributed by atoms with Gasteiger partial charge in [-0.1, -0.05) is 75.5 Å². The molecular weight excluding hydrogens is 452 g/mol. The summed E-state index contributed by atoms with van der Waals surface area (Å²) in [5.41, 5.74) is 3.10. The van der Waals surface area contributed by atoms with Gasteiger partial charge in [-0.3, -0.25) is 14.6 Å². The minimum absolute atomic E-state index is 0.0527. The lowest BCUT2D eigenvalue weighted by atomic mass is 9.75. The number of aromatic nitrogens is 1. The second-order valence-corrected chi connectivity index (χ2v) is 11.0. The Kier molecular flexibility index (Phi) is 8.22. The molecule has 192 valence electrons. The van der Waals surface area contributed by atoms with Crippen molar-refractivity contribution in [2.45, 2.75) is 90.9 Å². The zero-order valence-corrected chi connectivity index (χ0v) is 21.8. The molecule has 0 aliphatic heterocycles. The van der Waals surface area contributed by atoms with Crippen LogP contribution in [0.15, 0.2) is 51.2 Å². The maximum absolute atomic E-state index is 13.1. The summed E-state index contributed by atoms with van der Waals surface area (Å²) in [5.74, 6) is 0.868. The van der Waals surface area contributed by atoms with E-state index in [9.17, 15) is 14.7 Å². The van der Waals surface area contributed by atoms with Crippen LogP contribution in [0.5, 0.6) is 0 Å². The zero-order chi connectivity index (χ0) is 25.7. The van der Waals surface area contributed by atoms with Crippen molar-refractivity contribution in [1.82, 2.24) is 5.16 Å². The van der Waals surface area contributed by atoms with Gasteiger partial charge in [-0.15, -0.1) is 0 Å². The van der Waals surface area contributed by atoms with Crippen LogP contribution in [0.3, 0.4) is 0 Å². The van der Waals surface area contributed by atoms with Gasteiger partial charge in [0, 0.05) is 37.9 Å². The monoisotopic (exact) mass is 490 g/mol. The second-order valence-electron chi connectivity index (χ2n) is 11.0. The second kappa shape index (κ2) is 11.4. The van der Waals surface area contributed by atoms with Gasteiger partial charge in [-0.05, 0) is 36.2 Å². The number of fused-ring (bicyclic) bond motifs is 1. The van der Waals surface area contributed by atoms with Crippen LogP contribution < -0.4 is 0 Å². The number of aryl methyl sites for hydroxylation is 1. The van der Waals surface area contributed by atoms with E-state index in [2.05, 4.69) is 12.1 Å². The molecule has 1 atom stereocenters. The van der Waals surface area contributed by atoms with Crippen LogP contribution in [0.4, 0.5) is 0 Å². The highest BCUT2D eigenvalue weighted by Gasteiger charge is 2.36. The Morgan fingerprint density at radius 3 is 2.58 bits per heavy atom. The number of rotatable bonds is 10.